The van der Waals surface area contributed by atoms with Crippen LogP contribution in [0.4, 0.5) is 0 Å². The third kappa shape index (κ3) is 2.68. The predicted octanol–water partition coefficient (Wildman–Crippen LogP) is 3.01. The number of nitrogens with zero attached hydrogens (tertiary/aromatic N) is 1. The molecular weight excluding hydrogens is 224 g/mol. The van der Waals surface area contributed by atoms with Gasteiger partial charge in [0.2, 0.25) is 5.91 Å². The Morgan fingerprint density at radius 3 is 2.44 bits per heavy atom. The van der Waals surface area contributed by atoms with E-state index in [0.717, 1.165) is 12.8 Å². The maximum absolute atomic E-state index is 12.0. The van der Waals surface area contributed by atoms with Gasteiger partial charge in [0.25, 0.3) is 0 Å². The van der Waals surface area contributed by atoms with Crippen LogP contribution >= 0.6 is 0 Å². The van der Waals surface area contributed by atoms with Crippen molar-refractivity contribution in [3.05, 3.63) is 0 Å². The van der Waals surface area contributed by atoms with Crippen LogP contribution in [0.25, 0.3) is 0 Å². The summed E-state index contributed by atoms with van der Waals surface area (Å²) < 4.78 is 0. The van der Waals surface area contributed by atoms with E-state index in [9.17, 15) is 4.79 Å². The molecule has 0 aromatic heterocycles. The Labute approximate surface area is 110 Å². The summed E-state index contributed by atoms with van der Waals surface area (Å²) in [6.45, 7) is 5.20. The molecule has 0 aliphatic heterocycles. The Kier molecular flexibility index (Phi) is 3.66. The van der Waals surface area contributed by atoms with Crippen LogP contribution in [0.15, 0.2) is 0 Å². The lowest BCUT2D eigenvalue weighted by Gasteiger charge is -2.37. The number of nitrogens with one attached hydrogen (secondary N) is 1. The van der Waals surface area contributed by atoms with E-state index in [0.29, 0.717) is 12.5 Å². The van der Waals surface area contributed by atoms with Crippen LogP contribution < -0.4 is 5.32 Å². The van der Waals surface area contributed by atoms with Crippen molar-refractivity contribution in [3.63, 3.8) is 0 Å². The summed E-state index contributed by atoms with van der Waals surface area (Å²) in [6, 6.07) is 2.16. The summed E-state index contributed by atoms with van der Waals surface area (Å²) in [7, 11) is 0. The molecule has 2 saturated carbocycles. The van der Waals surface area contributed by atoms with Crippen molar-refractivity contribution in [1.82, 2.24) is 5.32 Å². The molecule has 0 radical (unpaired) electrons. The van der Waals surface area contributed by atoms with Crippen LogP contribution in [0.1, 0.15) is 58.8 Å². The van der Waals surface area contributed by atoms with Crippen molar-refractivity contribution in [3.8, 4) is 6.07 Å². The van der Waals surface area contributed by atoms with Gasteiger partial charge in [-0.2, -0.15) is 5.26 Å². The molecule has 2 aliphatic carbocycles. The molecule has 18 heavy (non-hydrogen) atoms. The van der Waals surface area contributed by atoms with Gasteiger partial charge in [-0.25, -0.2) is 0 Å². The van der Waals surface area contributed by atoms with E-state index < -0.39 is 5.41 Å². The van der Waals surface area contributed by atoms with Crippen molar-refractivity contribution in [2.24, 2.45) is 16.7 Å². The molecule has 100 valence electrons. The predicted molar refractivity (Wildman–Crippen MR) is 70.6 cm³/mol. The number of rotatable bonds is 4. The van der Waals surface area contributed by atoms with Gasteiger partial charge in [-0.05, 0) is 37.0 Å². The highest BCUT2D eigenvalue weighted by Gasteiger charge is 2.50. The summed E-state index contributed by atoms with van der Waals surface area (Å²) in [6.07, 6.45) is 8.04. The fourth-order valence-electron chi connectivity index (χ4n) is 3.02. The fraction of sp³-hybridized carbons (Fsp3) is 0.867. The van der Waals surface area contributed by atoms with Crippen LogP contribution in [-0.2, 0) is 4.79 Å². The van der Waals surface area contributed by atoms with Gasteiger partial charge >= 0.3 is 0 Å². The first-order valence-electron chi connectivity index (χ1n) is 7.20. The monoisotopic (exact) mass is 248 g/mol. The number of hydrogen-bond donors (Lipinski definition) is 1. The summed E-state index contributed by atoms with van der Waals surface area (Å²) >= 11 is 0. The fourth-order valence-corrected chi connectivity index (χ4v) is 3.02. The van der Waals surface area contributed by atoms with Crippen molar-refractivity contribution < 1.29 is 4.79 Å². The number of nitriles is 1. The SMILES string of the molecule is CC(C)(CNC(=O)C1(C#N)CC1)C1CCCCC1. The number of hydrogen-bond acceptors (Lipinski definition) is 2. The quantitative estimate of drug-likeness (QED) is 0.831. The zero-order valence-corrected chi connectivity index (χ0v) is 11.6. The molecule has 1 amide bonds. The maximum atomic E-state index is 12.0. The van der Waals surface area contributed by atoms with E-state index in [2.05, 4.69) is 25.2 Å². The second kappa shape index (κ2) is 4.91. The number of amides is 1. The van der Waals surface area contributed by atoms with E-state index >= 15 is 0 Å². The first-order chi connectivity index (χ1) is 8.50. The molecular formula is C15H24N2O. The molecule has 3 nitrogen and oxygen atoms in total. The average molecular weight is 248 g/mol. The van der Waals surface area contributed by atoms with E-state index in [4.69, 9.17) is 5.26 Å². The average Bonchev–Trinajstić information content (AvgIpc) is 3.18. The Balaban J connectivity index is 1.85. The van der Waals surface area contributed by atoms with Gasteiger partial charge in [0.05, 0.1) is 6.07 Å². The van der Waals surface area contributed by atoms with Crippen molar-refractivity contribution >= 4 is 5.91 Å². The molecule has 2 fully saturated rings. The van der Waals surface area contributed by atoms with E-state index in [1.54, 1.807) is 0 Å². The van der Waals surface area contributed by atoms with Gasteiger partial charge in [-0.1, -0.05) is 33.1 Å². The molecule has 0 aromatic rings. The second-order valence-corrected chi connectivity index (χ2v) is 6.70. The molecule has 0 unspecified atom stereocenters. The molecule has 0 heterocycles. The lowest BCUT2D eigenvalue weighted by molar-refractivity contribution is -0.125. The first-order valence-corrected chi connectivity index (χ1v) is 7.20. The lowest BCUT2D eigenvalue weighted by atomic mass is 9.71. The largest absolute Gasteiger partial charge is 0.354 e. The topological polar surface area (TPSA) is 52.9 Å². The highest BCUT2D eigenvalue weighted by Crippen LogP contribution is 2.45. The molecule has 0 spiro atoms. The smallest absolute Gasteiger partial charge is 0.240 e. The van der Waals surface area contributed by atoms with Crippen molar-refractivity contribution in [1.29, 1.82) is 5.26 Å². The van der Waals surface area contributed by atoms with E-state index in [1.807, 2.05) is 0 Å². The molecule has 2 aliphatic rings. The lowest BCUT2D eigenvalue weighted by Crippen LogP contribution is -2.41. The second-order valence-electron chi connectivity index (χ2n) is 6.70. The van der Waals surface area contributed by atoms with E-state index in [1.165, 1.54) is 32.1 Å². The number of carbonyl (C=O) groups excluding carboxylic acids is 1. The van der Waals surface area contributed by atoms with Crippen LogP contribution in [0.5, 0.6) is 0 Å². The first kappa shape index (κ1) is 13.4. The van der Waals surface area contributed by atoms with Gasteiger partial charge < -0.3 is 5.32 Å². The van der Waals surface area contributed by atoms with Gasteiger partial charge in [0.15, 0.2) is 0 Å². The van der Waals surface area contributed by atoms with E-state index in [-0.39, 0.29) is 11.3 Å². The minimum absolute atomic E-state index is 0.0473. The van der Waals surface area contributed by atoms with Gasteiger partial charge in [0.1, 0.15) is 5.41 Å². The summed E-state index contributed by atoms with van der Waals surface area (Å²) in [4.78, 5) is 12.0. The Morgan fingerprint density at radius 2 is 1.94 bits per heavy atom. The minimum atomic E-state index is -0.678. The third-order valence-electron chi connectivity index (χ3n) is 4.81. The van der Waals surface area contributed by atoms with Crippen molar-refractivity contribution in [2.45, 2.75) is 58.8 Å². The summed E-state index contributed by atoms with van der Waals surface area (Å²) in [5.74, 6) is 0.665. The standard InChI is InChI=1S/C15H24N2O/c1-14(2,12-6-4-3-5-7-12)11-17-13(18)15(10-16)8-9-15/h12H,3-9,11H2,1-2H3,(H,17,18). The molecule has 2 rings (SSSR count). The minimum Gasteiger partial charge on any atom is -0.354 e. The van der Waals surface area contributed by atoms with Crippen LogP contribution in [-0.4, -0.2) is 12.5 Å². The maximum Gasteiger partial charge on any atom is 0.240 e. The zero-order chi connectivity index (χ0) is 13.2. The summed E-state index contributed by atoms with van der Waals surface area (Å²) in [5.41, 5.74) is -0.524. The number of carbonyl (C=O) groups is 1. The van der Waals surface area contributed by atoms with Crippen LogP contribution in [0.3, 0.4) is 0 Å². The molecule has 0 atom stereocenters. The van der Waals surface area contributed by atoms with Crippen LogP contribution in [0, 0.1) is 28.1 Å². The van der Waals surface area contributed by atoms with Gasteiger partial charge in [0, 0.05) is 6.54 Å². The Hall–Kier alpha value is -1.04. The molecule has 0 bridgehead atoms. The normalized spacial score (nSPS) is 23.2. The Bertz CT molecular complexity index is 357. The molecule has 0 saturated heterocycles. The molecule has 1 N–H and O–H groups in total. The zero-order valence-electron chi connectivity index (χ0n) is 11.6. The van der Waals surface area contributed by atoms with Crippen molar-refractivity contribution in [2.75, 3.05) is 6.54 Å². The van der Waals surface area contributed by atoms with Crippen LogP contribution in [0.2, 0.25) is 0 Å². The molecule has 3 heteroatoms. The highest BCUT2D eigenvalue weighted by atomic mass is 16.2. The van der Waals surface area contributed by atoms with Gasteiger partial charge in [-0.15, -0.1) is 0 Å². The Morgan fingerprint density at radius 1 is 1.33 bits per heavy atom. The third-order valence-corrected chi connectivity index (χ3v) is 4.81. The summed E-state index contributed by atoms with van der Waals surface area (Å²) in [5, 5.41) is 12.0. The highest BCUT2D eigenvalue weighted by molar-refractivity contribution is 5.88. The van der Waals surface area contributed by atoms with Gasteiger partial charge in [-0.3, -0.25) is 4.79 Å². The molecule has 0 aromatic carbocycles.